The number of carbonyl (C=O) groups is 1. The Bertz CT molecular complexity index is 234. The lowest BCUT2D eigenvalue weighted by atomic mass is 9.97. The average molecular weight is 258 g/mol. The van der Waals surface area contributed by atoms with Crippen LogP contribution in [-0.4, -0.2) is 47.7 Å². The average Bonchev–Trinajstić information content (AvgIpc) is 2.36. The van der Waals surface area contributed by atoms with Gasteiger partial charge < -0.3 is 15.3 Å². The van der Waals surface area contributed by atoms with Gasteiger partial charge in [-0.05, 0) is 45.8 Å². The van der Waals surface area contributed by atoms with E-state index < -0.39 is 11.5 Å². The smallest absolute Gasteiger partial charge is 0.323 e. The highest BCUT2D eigenvalue weighted by Crippen LogP contribution is 2.12. The summed E-state index contributed by atoms with van der Waals surface area (Å²) in [4.78, 5) is 13.7. The first-order valence-corrected chi connectivity index (χ1v) is 7.20. The molecule has 0 aromatic rings. The summed E-state index contributed by atoms with van der Waals surface area (Å²) in [5.74, 6) is -0.748. The van der Waals surface area contributed by atoms with E-state index in [-0.39, 0.29) is 0 Å². The molecule has 1 atom stereocenters. The van der Waals surface area contributed by atoms with Gasteiger partial charge in [0.2, 0.25) is 0 Å². The van der Waals surface area contributed by atoms with Crippen molar-refractivity contribution in [1.82, 2.24) is 10.2 Å². The van der Waals surface area contributed by atoms with Gasteiger partial charge in [0.1, 0.15) is 5.54 Å². The molecular formula is C14H30N2O2. The van der Waals surface area contributed by atoms with Crippen LogP contribution < -0.4 is 5.32 Å². The predicted octanol–water partition coefficient (Wildman–Crippen LogP) is 2.34. The van der Waals surface area contributed by atoms with Crippen molar-refractivity contribution in [3.63, 3.8) is 0 Å². The van der Waals surface area contributed by atoms with Gasteiger partial charge in [0, 0.05) is 6.54 Å². The van der Waals surface area contributed by atoms with Crippen molar-refractivity contribution in [3.05, 3.63) is 0 Å². The van der Waals surface area contributed by atoms with E-state index in [4.69, 9.17) is 0 Å². The maximum atomic E-state index is 11.4. The maximum Gasteiger partial charge on any atom is 0.323 e. The molecule has 0 radical (unpaired) electrons. The fourth-order valence-electron chi connectivity index (χ4n) is 1.86. The van der Waals surface area contributed by atoms with Gasteiger partial charge in [-0.3, -0.25) is 4.79 Å². The molecule has 0 fully saturated rings. The molecule has 0 rings (SSSR count). The Morgan fingerprint density at radius 2 is 1.89 bits per heavy atom. The largest absolute Gasteiger partial charge is 0.480 e. The Morgan fingerprint density at radius 1 is 1.22 bits per heavy atom. The molecule has 0 aliphatic heterocycles. The molecule has 4 nitrogen and oxygen atoms in total. The molecule has 0 aromatic heterocycles. The van der Waals surface area contributed by atoms with E-state index in [1.807, 2.05) is 0 Å². The lowest BCUT2D eigenvalue weighted by molar-refractivity contribution is -0.144. The number of rotatable bonds is 11. The number of carboxylic acid groups (broad SMARTS) is 1. The number of unbranched alkanes of at least 4 members (excludes halogenated alkanes) is 1. The standard InChI is InChI=1S/C14H30N2O2/c1-5-8-11-16(7-3)12-9-14(4,13(17)18)15-10-6-2/h15H,5-12H2,1-4H3,(H,17,18). The number of hydrogen-bond donors (Lipinski definition) is 2. The van der Waals surface area contributed by atoms with Crippen molar-refractivity contribution in [2.75, 3.05) is 26.2 Å². The molecule has 4 heteroatoms. The van der Waals surface area contributed by atoms with E-state index in [0.717, 1.165) is 32.6 Å². The Balaban J connectivity index is 4.27. The van der Waals surface area contributed by atoms with Crippen LogP contribution in [0.2, 0.25) is 0 Å². The summed E-state index contributed by atoms with van der Waals surface area (Å²) < 4.78 is 0. The zero-order valence-electron chi connectivity index (χ0n) is 12.5. The Kier molecular flexibility index (Phi) is 9.02. The van der Waals surface area contributed by atoms with E-state index >= 15 is 0 Å². The number of nitrogens with one attached hydrogen (secondary N) is 1. The molecular weight excluding hydrogens is 228 g/mol. The highest BCUT2D eigenvalue weighted by molar-refractivity contribution is 5.78. The van der Waals surface area contributed by atoms with Crippen molar-refractivity contribution >= 4 is 5.97 Å². The van der Waals surface area contributed by atoms with E-state index in [1.165, 1.54) is 12.8 Å². The molecule has 18 heavy (non-hydrogen) atoms. The van der Waals surface area contributed by atoms with E-state index in [0.29, 0.717) is 6.42 Å². The first-order chi connectivity index (χ1) is 8.50. The number of nitrogens with zero attached hydrogens (tertiary/aromatic N) is 1. The van der Waals surface area contributed by atoms with Crippen LogP contribution >= 0.6 is 0 Å². The molecule has 0 saturated carbocycles. The van der Waals surface area contributed by atoms with E-state index in [1.54, 1.807) is 6.92 Å². The van der Waals surface area contributed by atoms with Crippen LogP contribution in [0, 0.1) is 0 Å². The predicted molar refractivity (Wildman–Crippen MR) is 76.0 cm³/mol. The van der Waals surface area contributed by atoms with Crippen molar-refractivity contribution in [2.24, 2.45) is 0 Å². The molecule has 0 aliphatic rings. The van der Waals surface area contributed by atoms with Gasteiger partial charge in [-0.15, -0.1) is 0 Å². The second kappa shape index (κ2) is 9.34. The molecule has 0 aromatic carbocycles. The highest BCUT2D eigenvalue weighted by atomic mass is 16.4. The highest BCUT2D eigenvalue weighted by Gasteiger charge is 2.32. The minimum atomic E-state index is -0.796. The summed E-state index contributed by atoms with van der Waals surface area (Å²) in [5, 5.41) is 12.5. The minimum absolute atomic E-state index is 0.653. The molecule has 0 bridgehead atoms. The summed E-state index contributed by atoms with van der Waals surface area (Å²) in [6, 6.07) is 0. The van der Waals surface area contributed by atoms with Crippen LogP contribution in [0.1, 0.15) is 53.4 Å². The van der Waals surface area contributed by atoms with Gasteiger partial charge in [0.05, 0.1) is 0 Å². The lowest BCUT2D eigenvalue weighted by Gasteiger charge is -2.29. The zero-order valence-corrected chi connectivity index (χ0v) is 12.5. The Labute approximate surface area is 112 Å². The second-order valence-electron chi connectivity index (χ2n) is 5.10. The summed E-state index contributed by atoms with van der Waals surface area (Å²) in [6.45, 7) is 11.8. The Hall–Kier alpha value is -0.610. The third-order valence-electron chi connectivity index (χ3n) is 3.44. The Morgan fingerprint density at radius 3 is 2.33 bits per heavy atom. The van der Waals surface area contributed by atoms with Crippen LogP contribution in [0.5, 0.6) is 0 Å². The summed E-state index contributed by atoms with van der Waals surface area (Å²) >= 11 is 0. The first-order valence-electron chi connectivity index (χ1n) is 7.20. The van der Waals surface area contributed by atoms with E-state index in [2.05, 4.69) is 31.0 Å². The monoisotopic (exact) mass is 258 g/mol. The van der Waals surface area contributed by atoms with Crippen LogP contribution in [0.4, 0.5) is 0 Å². The van der Waals surface area contributed by atoms with Crippen molar-refractivity contribution in [2.45, 2.75) is 58.9 Å². The minimum Gasteiger partial charge on any atom is -0.480 e. The number of carboxylic acids is 1. The van der Waals surface area contributed by atoms with Crippen molar-refractivity contribution in [3.8, 4) is 0 Å². The SMILES string of the molecule is CCCCN(CC)CCC(C)(NCCC)C(=O)O. The number of aliphatic carboxylic acids is 1. The third kappa shape index (κ3) is 6.36. The molecule has 0 spiro atoms. The molecule has 2 N–H and O–H groups in total. The molecule has 108 valence electrons. The van der Waals surface area contributed by atoms with Gasteiger partial charge >= 0.3 is 5.97 Å². The van der Waals surface area contributed by atoms with Gasteiger partial charge in [-0.1, -0.05) is 27.2 Å². The maximum absolute atomic E-state index is 11.4. The molecule has 0 amide bonds. The van der Waals surface area contributed by atoms with Crippen LogP contribution in [-0.2, 0) is 4.79 Å². The van der Waals surface area contributed by atoms with Gasteiger partial charge in [0.25, 0.3) is 0 Å². The fraction of sp³-hybridized carbons (Fsp3) is 0.929. The van der Waals surface area contributed by atoms with Gasteiger partial charge in [-0.25, -0.2) is 0 Å². The molecule has 0 aliphatic carbocycles. The van der Waals surface area contributed by atoms with Crippen molar-refractivity contribution in [1.29, 1.82) is 0 Å². The van der Waals surface area contributed by atoms with Crippen molar-refractivity contribution < 1.29 is 9.90 Å². The summed E-state index contributed by atoms with van der Waals surface area (Å²) in [6.07, 6.45) is 3.97. The molecule has 0 heterocycles. The number of hydrogen-bond acceptors (Lipinski definition) is 3. The second-order valence-corrected chi connectivity index (χ2v) is 5.10. The van der Waals surface area contributed by atoms with Crippen LogP contribution in [0.3, 0.4) is 0 Å². The summed E-state index contributed by atoms with van der Waals surface area (Å²) in [7, 11) is 0. The lowest BCUT2D eigenvalue weighted by Crippen LogP contribution is -2.51. The van der Waals surface area contributed by atoms with Crippen LogP contribution in [0.25, 0.3) is 0 Å². The normalized spacial score (nSPS) is 14.7. The topological polar surface area (TPSA) is 52.6 Å². The molecule has 0 saturated heterocycles. The van der Waals surface area contributed by atoms with Gasteiger partial charge in [-0.2, -0.15) is 0 Å². The quantitative estimate of drug-likeness (QED) is 0.597. The fourth-order valence-corrected chi connectivity index (χ4v) is 1.86. The zero-order chi connectivity index (χ0) is 14.0. The molecule has 1 unspecified atom stereocenters. The first kappa shape index (κ1) is 17.4. The third-order valence-corrected chi connectivity index (χ3v) is 3.44. The van der Waals surface area contributed by atoms with Gasteiger partial charge in [0.15, 0.2) is 0 Å². The summed E-state index contributed by atoms with van der Waals surface area (Å²) in [5.41, 5.74) is -0.796. The van der Waals surface area contributed by atoms with Crippen LogP contribution in [0.15, 0.2) is 0 Å². The van der Waals surface area contributed by atoms with E-state index in [9.17, 15) is 9.90 Å².